The van der Waals surface area contributed by atoms with E-state index in [9.17, 15) is 14.7 Å². The summed E-state index contributed by atoms with van der Waals surface area (Å²) in [6, 6.07) is 7.46. The first-order valence-electron chi connectivity index (χ1n) is 8.23. The lowest BCUT2D eigenvalue weighted by Gasteiger charge is -2.17. The second-order valence-electron chi connectivity index (χ2n) is 6.17. The van der Waals surface area contributed by atoms with Crippen LogP contribution in [0.1, 0.15) is 18.2 Å². The molecule has 1 aliphatic heterocycles. The number of carbonyl (C=O) groups excluding carboxylic acids is 1. The maximum atomic E-state index is 12.2. The van der Waals surface area contributed by atoms with E-state index in [1.165, 1.54) is 10.8 Å². The molecule has 8 nitrogen and oxygen atoms in total. The highest BCUT2D eigenvalue weighted by atomic mass is 79.9. The molecular weight excluding hydrogens is 484 g/mol. The van der Waals surface area contributed by atoms with Crippen molar-refractivity contribution in [2.45, 2.75) is 31.3 Å². The van der Waals surface area contributed by atoms with Crippen molar-refractivity contribution in [3.63, 3.8) is 0 Å². The summed E-state index contributed by atoms with van der Waals surface area (Å²) >= 11 is 6.63. The second-order valence-corrected chi connectivity index (χ2v) is 7.88. The second kappa shape index (κ2) is 8.51. The van der Waals surface area contributed by atoms with Crippen molar-refractivity contribution in [2.75, 3.05) is 12.3 Å². The minimum atomic E-state index is -0.818. The molecule has 0 unspecified atom stereocenters. The summed E-state index contributed by atoms with van der Waals surface area (Å²) in [7, 11) is 0. The van der Waals surface area contributed by atoms with Gasteiger partial charge in [0.1, 0.15) is 18.1 Å². The number of benzene rings is 1. The Morgan fingerprint density at radius 1 is 1.37 bits per heavy atom. The number of nitrogen functional groups attached to an aromatic ring is 1. The highest BCUT2D eigenvalue weighted by Gasteiger charge is 2.35. The smallest absolute Gasteiger partial charge is 0.351 e. The van der Waals surface area contributed by atoms with Crippen molar-refractivity contribution < 1.29 is 14.6 Å². The van der Waals surface area contributed by atoms with Gasteiger partial charge >= 0.3 is 5.69 Å². The van der Waals surface area contributed by atoms with E-state index in [4.69, 9.17) is 10.5 Å². The van der Waals surface area contributed by atoms with E-state index in [0.717, 1.165) is 10.0 Å². The van der Waals surface area contributed by atoms with E-state index in [1.807, 2.05) is 24.3 Å². The summed E-state index contributed by atoms with van der Waals surface area (Å²) in [5.41, 5.74) is 5.89. The number of aliphatic hydroxyl groups excluding tert-OH is 1. The number of ether oxygens (including phenoxy) is 1. The molecule has 4 N–H and O–H groups in total. The SMILES string of the molecule is Nc1nc(=O)n([C@H]2C[C@H](O)[C@@H](CNC(=O)Cc3ccccc3Br)O2)cc1Br. The molecule has 0 spiro atoms. The summed E-state index contributed by atoms with van der Waals surface area (Å²) in [6.07, 6.45) is -0.217. The van der Waals surface area contributed by atoms with Crippen LogP contribution in [0.4, 0.5) is 5.82 Å². The van der Waals surface area contributed by atoms with E-state index < -0.39 is 24.1 Å². The summed E-state index contributed by atoms with van der Waals surface area (Å²) in [5.74, 6) is -0.0964. The summed E-state index contributed by atoms with van der Waals surface area (Å²) < 4.78 is 8.34. The average molecular weight is 502 g/mol. The molecule has 3 atom stereocenters. The zero-order valence-electron chi connectivity index (χ0n) is 14.1. The molecule has 1 amide bonds. The molecule has 2 heterocycles. The monoisotopic (exact) mass is 500 g/mol. The molecule has 1 saturated heterocycles. The third-order valence-electron chi connectivity index (χ3n) is 4.26. The first-order valence-corrected chi connectivity index (χ1v) is 9.81. The van der Waals surface area contributed by atoms with Crippen LogP contribution in [0.5, 0.6) is 0 Å². The van der Waals surface area contributed by atoms with Crippen LogP contribution in [-0.2, 0) is 16.0 Å². The highest BCUT2D eigenvalue weighted by Crippen LogP contribution is 2.28. The Bertz CT molecular complexity index is 905. The van der Waals surface area contributed by atoms with Gasteiger partial charge in [0.2, 0.25) is 5.91 Å². The van der Waals surface area contributed by atoms with Crippen LogP contribution in [0, 0.1) is 0 Å². The number of nitrogens with one attached hydrogen (secondary N) is 1. The maximum absolute atomic E-state index is 12.2. The number of hydrogen-bond donors (Lipinski definition) is 3. The van der Waals surface area contributed by atoms with Crippen molar-refractivity contribution in [1.82, 2.24) is 14.9 Å². The van der Waals surface area contributed by atoms with Crippen LogP contribution in [0.25, 0.3) is 0 Å². The van der Waals surface area contributed by atoms with Gasteiger partial charge in [-0.2, -0.15) is 4.98 Å². The van der Waals surface area contributed by atoms with E-state index in [1.54, 1.807) is 0 Å². The van der Waals surface area contributed by atoms with Crippen molar-refractivity contribution >= 4 is 43.6 Å². The third-order valence-corrected chi connectivity index (χ3v) is 5.64. The predicted molar refractivity (Wildman–Crippen MR) is 106 cm³/mol. The van der Waals surface area contributed by atoms with Gasteiger partial charge in [-0.1, -0.05) is 34.1 Å². The molecular formula is C17H18Br2N4O4. The first kappa shape index (κ1) is 20.0. The summed E-state index contributed by atoms with van der Waals surface area (Å²) in [6.45, 7) is 0.138. The Morgan fingerprint density at radius 3 is 2.85 bits per heavy atom. The molecule has 27 heavy (non-hydrogen) atoms. The van der Waals surface area contributed by atoms with Crippen molar-refractivity contribution in [2.24, 2.45) is 0 Å². The third kappa shape index (κ3) is 4.75. The minimum Gasteiger partial charge on any atom is -0.390 e. The van der Waals surface area contributed by atoms with Crippen LogP contribution < -0.4 is 16.7 Å². The molecule has 0 saturated carbocycles. The number of anilines is 1. The molecule has 0 aliphatic carbocycles. The number of aromatic nitrogens is 2. The Morgan fingerprint density at radius 2 is 2.11 bits per heavy atom. The molecule has 1 aromatic heterocycles. The molecule has 2 aromatic rings. The Balaban J connectivity index is 1.59. The molecule has 0 radical (unpaired) electrons. The Labute approximate surface area is 172 Å². The largest absolute Gasteiger partial charge is 0.390 e. The quantitative estimate of drug-likeness (QED) is 0.569. The fraction of sp³-hybridized carbons (Fsp3) is 0.353. The van der Waals surface area contributed by atoms with Gasteiger partial charge in [0.15, 0.2) is 0 Å². The van der Waals surface area contributed by atoms with E-state index in [2.05, 4.69) is 42.2 Å². The van der Waals surface area contributed by atoms with Gasteiger partial charge in [0.25, 0.3) is 0 Å². The van der Waals surface area contributed by atoms with Gasteiger partial charge in [-0.15, -0.1) is 0 Å². The standard InChI is InChI=1S/C17H18Br2N4O4/c18-10-4-2-1-3-9(10)5-14(25)21-7-13-12(24)6-15(27-13)23-8-11(19)16(20)22-17(23)26/h1-4,8,12-13,15,24H,5-7H2,(H,21,25)(H2,20,22,26)/t12-,13+,15+/m0/s1. The number of nitrogens with two attached hydrogens (primary N) is 1. The number of amides is 1. The first-order chi connectivity index (χ1) is 12.8. The van der Waals surface area contributed by atoms with Crippen LogP contribution in [0.3, 0.4) is 0 Å². The number of carbonyl (C=O) groups is 1. The molecule has 3 rings (SSSR count). The zero-order chi connectivity index (χ0) is 19.6. The number of nitrogens with zero attached hydrogens (tertiary/aromatic N) is 2. The highest BCUT2D eigenvalue weighted by molar-refractivity contribution is 9.10. The summed E-state index contributed by atoms with van der Waals surface area (Å²) in [5, 5.41) is 13.0. The minimum absolute atomic E-state index is 0.0886. The van der Waals surface area contributed by atoms with Gasteiger partial charge in [0.05, 0.1) is 17.0 Å². The number of aliphatic hydroxyl groups is 1. The van der Waals surface area contributed by atoms with Crippen LogP contribution in [0.15, 0.2) is 44.2 Å². The van der Waals surface area contributed by atoms with E-state index in [0.29, 0.717) is 4.47 Å². The van der Waals surface area contributed by atoms with Crippen molar-refractivity contribution in [1.29, 1.82) is 0 Å². The lowest BCUT2D eigenvalue weighted by Crippen LogP contribution is -2.37. The van der Waals surface area contributed by atoms with E-state index in [-0.39, 0.29) is 31.1 Å². The number of halogens is 2. The van der Waals surface area contributed by atoms with Crippen molar-refractivity contribution in [3.8, 4) is 0 Å². The van der Waals surface area contributed by atoms with Gasteiger partial charge in [-0.3, -0.25) is 9.36 Å². The Kier molecular flexibility index (Phi) is 6.30. The average Bonchev–Trinajstić information content (AvgIpc) is 2.99. The van der Waals surface area contributed by atoms with Crippen molar-refractivity contribution in [3.05, 3.63) is 55.5 Å². The molecule has 1 fully saturated rings. The zero-order valence-corrected chi connectivity index (χ0v) is 17.3. The fourth-order valence-corrected chi connectivity index (χ4v) is 3.56. The fourth-order valence-electron chi connectivity index (χ4n) is 2.83. The van der Waals surface area contributed by atoms with Gasteiger partial charge in [-0.25, -0.2) is 4.79 Å². The number of hydrogen-bond acceptors (Lipinski definition) is 6. The van der Waals surface area contributed by atoms with Gasteiger partial charge in [0, 0.05) is 23.6 Å². The van der Waals surface area contributed by atoms with E-state index >= 15 is 0 Å². The molecule has 10 heteroatoms. The van der Waals surface area contributed by atoms with Gasteiger partial charge < -0.3 is 20.9 Å². The normalized spacial score (nSPS) is 22.0. The maximum Gasteiger partial charge on any atom is 0.351 e. The Hall–Kier alpha value is -1.75. The van der Waals surface area contributed by atoms with Crippen LogP contribution >= 0.6 is 31.9 Å². The van der Waals surface area contributed by atoms with Crippen LogP contribution in [-0.4, -0.2) is 39.3 Å². The lowest BCUT2D eigenvalue weighted by atomic mass is 10.1. The molecule has 1 aliphatic rings. The number of rotatable bonds is 5. The molecule has 1 aromatic carbocycles. The summed E-state index contributed by atoms with van der Waals surface area (Å²) in [4.78, 5) is 27.9. The molecule has 0 bridgehead atoms. The predicted octanol–water partition coefficient (Wildman–Crippen LogP) is 1.36. The molecule has 144 valence electrons. The lowest BCUT2D eigenvalue weighted by molar-refractivity contribution is -0.121. The van der Waals surface area contributed by atoms with Crippen LogP contribution in [0.2, 0.25) is 0 Å². The topological polar surface area (TPSA) is 119 Å². The van der Waals surface area contributed by atoms with Gasteiger partial charge in [-0.05, 0) is 27.6 Å².